The van der Waals surface area contributed by atoms with Gasteiger partial charge in [-0.15, -0.1) is 0 Å². The molecule has 2 aliphatic rings. The second kappa shape index (κ2) is 8.14. The smallest absolute Gasteiger partial charge is 0.497 e. The van der Waals surface area contributed by atoms with Crippen molar-refractivity contribution in [1.82, 2.24) is 8.96 Å². The van der Waals surface area contributed by atoms with Gasteiger partial charge >= 0.3 is 13.1 Å². The van der Waals surface area contributed by atoms with Crippen molar-refractivity contribution in [3.63, 3.8) is 0 Å². The van der Waals surface area contributed by atoms with Crippen LogP contribution in [-0.2, 0) is 0 Å². The molecular weight excluding hydrogens is 534 g/mol. The molecule has 6 nitrogen and oxygen atoms in total. The first-order chi connectivity index (χ1) is 19.1. The minimum absolute atomic E-state index is 0.0859. The number of rotatable bonds is 4. The van der Waals surface area contributed by atoms with E-state index in [1.807, 2.05) is 0 Å². The molecule has 0 saturated carbocycles. The van der Waals surface area contributed by atoms with Crippen LogP contribution in [-0.4, -0.2) is 31.8 Å². The third-order valence-corrected chi connectivity index (χ3v) is 7.22. The van der Waals surface area contributed by atoms with Crippen molar-refractivity contribution in [2.75, 3.05) is 14.2 Å². The molecular formula is C28H18BF5N2O4. The Labute approximate surface area is 222 Å². The van der Waals surface area contributed by atoms with Crippen LogP contribution in [0.5, 0.6) is 11.5 Å². The lowest BCUT2D eigenvalue weighted by Crippen LogP contribution is -2.57. The molecule has 2 aromatic carbocycles. The molecule has 7 rings (SSSR count). The molecule has 12 heteroatoms. The van der Waals surface area contributed by atoms with Crippen molar-refractivity contribution in [2.24, 2.45) is 0 Å². The van der Waals surface area contributed by atoms with Crippen LogP contribution in [0.3, 0.4) is 0 Å². The topological polar surface area (TPSA) is 52.7 Å². The first-order valence-electron chi connectivity index (χ1n) is 12.2. The van der Waals surface area contributed by atoms with E-state index in [0.717, 1.165) is 12.1 Å². The highest BCUT2D eigenvalue weighted by atomic mass is 19.4. The van der Waals surface area contributed by atoms with Crippen LogP contribution in [0.25, 0.3) is 45.4 Å². The van der Waals surface area contributed by atoms with E-state index < -0.39 is 30.1 Å². The van der Waals surface area contributed by atoms with Crippen molar-refractivity contribution in [1.29, 1.82) is 0 Å². The first kappa shape index (κ1) is 24.3. The monoisotopic (exact) mass is 552 g/mol. The highest BCUT2D eigenvalue weighted by Gasteiger charge is 2.58. The summed E-state index contributed by atoms with van der Waals surface area (Å²) in [4.78, 5) is 0. The maximum Gasteiger partial charge on any atom is 0.738 e. The highest BCUT2D eigenvalue weighted by Crippen LogP contribution is 2.46. The van der Waals surface area contributed by atoms with Crippen molar-refractivity contribution >= 4 is 29.7 Å². The number of benzene rings is 2. The molecule has 40 heavy (non-hydrogen) atoms. The van der Waals surface area contributed by atoms with Crippen LogP contribution in [0.1, 0.15) is 5.69 Å². The van der Waals surface area contributed by atoms with Gasteiger partial charge in [-0.3, -0.25) is 0 Å². The van der Waals surface area contributed by atoms with E-state index in [2.05, 4.69) is 0 Å². The number of halogens is 5. The van der Waals surface area contributed by atoms with Crippen LogP contribution in [0.15, 0.2) is 81.3 Å². The summed E-state index contributed by atoms with van der Waals surface area (Å²) in [6.07, 6.45) is -3.92. The Morgan fingerprint density at radius 3 is 1.93 bits per heavy atom. The van der Waals surface area contributed by atoms with Gasteiger partial charge in [0.2, 0.25) is 5.36 Å². The summed E-state index contributed by atoms with van der Waals surface area (Å²) >= 11 is 0. The number of allylic oxidation sites excluding steroid dienone is 2. The largest absolute Gasteiger partial charge is 0.738 e. The van der Waals surface area contributed by atoms with Gasteiger partial charge in [-0.2, -0.15) is 13.2 Å². The molecule has 0 bridgehead atoms. The Kier molecular flexibility index (Phi) is 4.95. The number of methoxy groups -OCH3 is 2. The van der Waals surface area contributed by atoms with Crippen molar-refractivity contribution in [3.8, 4) is 34.1 Å². The average Bonchev–Trinajstić information content (AvgIpc) is 3.67. The lowest BCUT2D eigenvalue weighted by Gasteiger charge is -2.31. The van der Waals surface area contributed by atoms with Gasteiger partial charge in [0.05, 0.1) is 31.9 Å². The second-order valence-electron chi connectivity index (χ2n) is 9.44. The predicted octanol–water partition coefficient (Wildman–Crippen LogP) is 5.67. The number of furan rings is 2. The normalized spacial score (nSPS) is 15.6. The number of hydrogen-bond acceptors (Lipinski definition) is 4. The molecule has 0 N–H and O–H groups in total. The van der Waals surface area contributed by atoms with Crippen LogP contribution in [0.2, 0.25) is 0 Å². The summed E-state index contributed by atoms with van der Waals surface area (Å²) in [5.74, 6) is 1.63. The summed E-state index contributed by atoms with van der Waals surface area (Å²) in [5.41, 5.74) is -1.75. The predicted molar refractivity (Wildman–Crippen MR) is 138 cm³/mol. The van der Waals surface area contributed by atoms with Gasteiger partial charge in [0.25, 0.3) is 0 Å². The fraction of sp³-hybridized carbons (Fsp3) is 0.107. The number of ether oxygens (including phenoxy) is 2. The van der Waals surface area contributed by atoms with Crippen molar-refractivity contribution < 1.29 is 40.1 Å². The molecule has 3 aromatic heterocycles. The van der Waals surface area contributed by atoms with E-state index >= 15 is 8.63 Å². The minimum atomic E-state index is -4.94. The molecule has 2 aliphatic heterocycles. The Morgan fingerprint density at radius 1 is 0.800 bits per heavy atom. The lowest BCUT2D eigenvalue weighted by molar-refractivity contribution is -0.0699. The molecule has 0 atom stereocenters. The van der Waals surface area contributed by atoms with Gasteiger partial charge in [0, 0.05) is 29.0 Å². The van der Waals surface area contributed by atoms with E-state index in [9.17, 15) is 13.2 Å². The Bertz CT molecular complexity index is 1980. The summed E-state index contributed by atoms with van der Waals surface area (Å²) in [6.45, 7) is -4.78. The summed E-state index contributed by atoms with van der Waals surface area (Å²) < 4.78 is 98.9. The highest BCUT2D eigenvalue weighted by molar-refractivity contribution is 6.65. The van der Waals surface area contributed by atoms with Gasteiger partial charge < -0.3 is 35.9 Å². The Balaban J connectivity index is 1.45. The van der Waals surface area contributed by atoms with Crippen molar-refractivity contribution in [3.05, 3.63) is 88.9 Å². The number of alkyl halides is 3. The molecule has 5 heterocycles. The van der Waals surface area contributed by atoms with Crippen molar-refractivity contribution in [2.45, 2.75) is 6.18 Å². The third-order valence-electron chi connectivity index (χ3n) is 7.22. The van der Waals surface area contributed by atoms with Gasteiger partial charge in [-0.25, -0.2) is 0 Å². The van der Waals surface area contributed by atoms with Gasteiger partial charge in [-0.05, 0) is 48.5 Å². The van der Waals surface area contributed by atoms with E-state index in [-0.39, 0.29) is 33.4 Å². The van der Waals surface area contributed by atoms with Crippen LogP contribution in [0.4, 0.5) is 21.8 Å². The summed E-state index contributed by atoms with van der Waals surface area (Å²) in [6, 6.07) is 17.0. The van der Waals surface area contributed by atoms with E-state index in [4.69, 9.17) is 18.3 Å². The standard InChI is InChI=1S/C28H18BF5N2O4/c1-37-17-7-3-15(4-8-17)23-11-19-25(39-23)13-21-27(28(30,31)32)22-14-26-20(36(22)29(33,34)35(19)21)12-24(40-26)16-5-9-18(38-2)10-6-16/h3-14H,1-2H3. The molecule has 0 saturated heterocycles. The summed E-state index contributed by atoms with van der Waals surface area (Å²) in [7, 11) is 3.01. The maximum atomic E-state index is 16.4. The molecule has 0 unspecified atom stereocenters. The number of nitrogens with zero attached hydrogens (tertiary/aromatic N) is 2. The third kappa shape index (κ3) is 3.38. The van der Waals surface area contributed by atoms with Crippen LogP contribution >= 0.6 is 0 Å². The fourth-order valence-corrected chi connectivity index (χ4v) is 5.41. The minimum Gasteiger partial charge on any atom is -0.497 e. The van der Waals surface area contributed by atoms with E-state index in [1.165, 1.54) is 26.4 Å². The molecule has 0 radical (unpaired) electrons. The van der Waals surface area contributed by atoms with Crippen LogP contribution < -0.4 is 24.7 Å². The second-order valence-corrected chi connectivity index (χ2v) is 9.44. The first-order valence-corrected chi connectivity index (χ1v) is 12.2. The molecule has 202 valence electrons. The molecule has 0 fully saturated rings. The molecule has 0 amide bonds. The number of fused-ring (bicyclic) bond motifs is 5. The average molecular weight is 552 g/mol. The van der Waals surface area contributed by atoms with Crippen LogP contribution in [0, 0.1) is 0 Å². The zero-order valence-corrected chi connectivity index (χ0v) is 20.9. The lowest BCUT2D eigenvalue weighted by atomic mass is 9.88. The quantitative estimate of drug-likeness (QED) is 0.213. The zero-order chi connectivity index (χ0) is 28.0. The Morgan fingerprint density at radius 2 is 1.38 bits per heavy atom. The SMILES string of the molecule is COc1ccc(-c2cc3c(o2)=CC2=C(C(F)(F)F)c4cc5oc(-c6ccc(OC)cc6)cc5n4[B-](F)(F)[N+]=32)cc1. The maximum absolute atomic E-state index is 16.4. The fourth-order valence-electron chi connectivity index (χ4n) is 5.41. The molecule has 0 aliphatic carbocycles. The van der Waals surface area contributed by atoms with E-state index in [1.54, 1.807) is 48.5 Å². The zero-order valence-electron chi connectivity index (χ0n) is 20.9. The molecule has 5 aromatic rings. The van der Waals surface area contributed by atoms with Gasteiger partial charge in [0.15, 0.2) is 11.1 Å². The van der Waals surface area contributed by atoms with E-state index in [0.29, 0.717) is 31.6 Å². The number of aromatic nitrogens is 1. The van der Waals surface area contributed by atoms with Gasteiger partial charge in [-0.1, -0.05) is 0 Å². The summed E-state index contributed by atoms with van der Waals surface area (Å²) in [5, 5.41) is -0.154. The van der Waals surface area contributed by atoms with Gasteiger partial charge in [0.1, 0.15) is 34.2 Å². The molecule has 0 spiro atoms. The Hall–Kier alpha value is -4.74. The number of hydrogen-bond donors (Lipinski definition) is 0.